The van der Waals surface area contributed by atoms with Gasteiger partial charge in [0.05, 0.1) is 5.56 Å². The van der Waals surface area contributed by atoms with Crippen LogP contribution in [-0.2, 0) is 16.4 Å². The number of carbonyl (C=O) groups excluding carboxylic acids is 1. The molecule has 1 N–H and O–H groups in total. The molecule has 0 unspecified atom stereocenters. The largest absolute Gasteiger partial charge is 0.416 e. The summed E-state index contributed by atoms with van der Waals surface area (Å²) in [5.74, 6) is -0.620. The van der Waals surface area contributed by atoms with Gasteiger partial charge >= 0.3 is 12.4 Å². The Bertz CT molecular complexity index is 1650. The lowest BCUT2D eigenvalue weighted by molar-refractivity contribution is -0.141. The van der Waals surface area contributed by atoms with E-state index in [4.69, 9.17) is 0 Å². The van der Waals surface area contributed by atoms with E-state index in [9.17, 15) is 31.1 Å². The SMILES string of the molecule is O=C(NCC(F)(F)F)C1(CCCCN2CCN(c3ccc(-c4ccc(C(F)(F)F)cc4)cc3)CC2)c2ccccc2-c2ccccc21. The van der Waals surface area contributed by atoms with Gasteiger partial charge in [-0.25, -0.2) is 0 Å². The number of piperazine rings is 1. The number of carbonyl (C=O) groups is 1. The molecule has 0 atom stereocenters. The first-order chi connectivity index (χ1) is 22.5. The van der Waals surface area contributed by atoms with Gasteiger partial charge in [-0.15, -0.1) is 0 Å². The molecule has 0 radical (unpaired) electrons. The maximum absolute atomic E-state index is 13.7. The third-order valence-corrected chi connectivity index (χ3v) is 9.33. The molecule has 1 heterocycles. The maximum atomic E-state index is 13.7. The molecular formula is C37H35F6N3O. The molecule has 10 heteroatoms. The molecule has 1 saturated heterocycles. The Hall–Kier alpha value is -4.31. The molecule has 2 aliphatic rings. The molecule has 4 nitrogen and oxygen atoms in total. The van der Waals surface area contributed by atoms with Crippen LogP contribution in [0.25, 0.3) is 22.3 Å². The van der Waals surface area contributed by atoms with E-state index in [1.54, 1.807) is 0 Å². The lowest BCUT2D eigenvalue weighted by Crippen LogP contribution is -2.47. The summed E-state index contributed by atoms with van der Waals surface area (Å²) in [5.41, 5.74) is 4.02. The van der Waals surface area contributed by atoms with Gasteiger partial charge < -0.3 is 10.2 Å². The van der Waals surface area contributed by atoms with Crippen LogP contribution in [0.2, 0.25) is 0 Å². The minimum atomic E-state index is -4.51. The number of anilines is 1. The third kappa shape index (κ3) is 6.88. The molecule has 246 valence electrons. The summed E-state index contributed by atoms with van der Waals surface area (Å²) in [7, 11) is 0. The topological polar surface area (TPSA) is 35.6 Å². The first-order valence-corrected chi connectivity index (χ1v) is 15.8. The normalized spacial score (nSPS) is 16.1. The monoisotopic (exact) mass is 651 g/mol. The molecule has 0 saturated carbocycles. The average Bonchev–Trinajstić information content (AvgIpc) is 3.36. The Morgan fingerprint density at radius 2 is 1.21 bits per heavy atom. The second-order valence-corrected chi connectivity index (χ2v) is 12.2. The van der Waals surface area contributed by atoms with Gasteiger partial charge in [-0.05, 0) is 77.0 Å². The minimum absolute atomic E-state index is 0.399. The van der Waals surface area contributed by atoms with E-state index in [2.05, 4.69) is 15.1 Å². The Balaban J connectivity index is 1.06. The van der Waals surface area contributed by atoms with Crippen LogP contribution in [0.5, 0.6) is 0 Å². The Kier molecular flexibility index (Phi) is 9.07. The first-order valence-electron chi connectivity index (χ1n) is 15.8. The predicted octanol–water partition coefficient (Wildman–Crippen LogP) is 8.31. The summed E-state index contributed by atoms with van der Waals surface area (Å²) in [6.45, 7) is 2.73. The summed E-state index contributed by atoms with van der Waals surface area (Å²) >= 11 is 0. The van der Waals surface area contributed by atoms with E-state index in [1.807, 2.05) is 72.8 Å². The smallest absolute Gasteiger partial charge is 0.369 e. The Labute approximate surface area is 270 Å². The van der Waals surface area contributed by atoms with Crippen LogP contribution in [-0.4, -0.2) is 56.3 Å². The molecule has 4 aromatic rings. The summed E-state index contributed by atoms with van der Waals surface area (Å²) in [5, 5.41) is 2.20. The van der Waals surface area contributed by atoms with Crippen molar-refractivity contribution in [1.29, 1.82) is 0 Å². The highest BCUT2D eigenvalue weighted by molar-refractivity contribution is 6.00. The zero-order valence-corrected chi connectivity index (χ0v) is 25.7. The number of unbranched alkanes of at least 4 members (excludes halogenated alkanes) is 1. The van der Waals surface area contributed by atoms with Crippen molar-refractivity contribution in [3.63, 3.8) is 0 Å². The highest BCUT2D eigenvalue weighted by atomic mass is 19.4. The number of amides is 1. The van der Waals surface area contributed by atoms with Crippen molar-refractivity contribution in [1.82, 2.24) is 10.2 Å². The van der Waals surface area contributed by atoms with Gasteiger partial charge in [0.25, 0.3) is 0 Å². The lowest BCUT2D eigenvalue weighted by atomic mass is 9.73. The number of halogens is 6. The van der Waals surface area contributed by atoms with E-state index in [-0.39, 0.29) is 0 Å². The molecule has 1 aliphatic carbocycles. The van der Waals surface area contributed by atoms with Crippen molar-refractivity contribution in [3.8, 4) is 22.3 Å². The molecule has 47 heavy (non-hydrogen) atoms. The first kappa shape index (κ1) is 32.6. The van der Waals surface area contributed by atoms with E-state index in [1.165, 1.54) is 12.1 Å². The van der Waals surface area contributed by atoms with Gasteiger partial charge in [0.15, 0.2) is 0 Å². The van der Waals surface area contributed by atoms with Crippen molar-refractivity contribution in [3.05, 3.63) is 114 Å². The van der Waals surface area contributed by atoms with Gasteiger partial charge in [-0.3, -0.25) is 9.69 Å². The van der Waals surface area contributed by atoms with E-state index < -0.39 is 35.8 Å². The number of rotatable bonds is 9. The molecule has 1 aliphatic heterocycles. The van der Waals surface area contributed by atoms with Gasteiger partial charge in [-0.2, -0.15) is 26.3 Å². The highest BCUT2D eigenvalue weighted by Gasteiger charge is 2.49. The standard InChI is InChI=1S/C37H35F6N3O/c38-36(39,40)25-44-34(47)35(32-9-3-1-7-30(32)31-8-2-4-10-33(31)35)19-5-6-20-45-21-23-46(24-22-45)29-17-13-27(14-18-29)26-11-15-28(16-12-26)37(41,42)43/h1-4,7-18H,5-6,19-25H2,(H,44,47). The fourth-order valence-electron chi connectivity index (χ4n) is 6.96. The van der Waals surface area contributed by atoms with Crippen molar-refractivity contribution in [2.45, 2.75) is 37.0 Å². The molecule has 1 amide bonds. The van der Waals surface area contributed by atoms with Crippen molar-refractivity contribution in [2.75, 3.05) is 44.2 Å². The average molecular weight is 652 g/mol. The van der Waals surface area contributed by atoms with Crippen molar-refractivity contribution in [2.24, 2.45) is 0 Å². The van der Waals surface area contributed by atoms with Gasteiger partial charge in [0.2, 0.25) is 5.91 Å². The molecule has 0 aromatic heterocycles. The molecule has 4 aromatic carbocycles. The second-order valence-electron chi connectivity index (χ2n) is 12.2. The van der Waals surface area contributed by atoms with Crippen LogP contribution in [0, 0.1) is 0 Å². The fourth-order valence-corrected chi connectivity index (χ4v) is 6.96. The van der Waals surface area contributed by atoms with Gasteiger partial charge in [-0.1, -0.05) is 79.2 Å². The van der Waals surface area contributed by atoms with Crippen LogP contribution in [0.3, 0.4) is 0 Å². The number of alkyl halides is 6. The number of benzene rings is 4. The number of hydrogen-bond donors (Lipinski definition) is 1. The van der Waals surface area contributed by atoms with Gasteiger partial charge in [0, 0.05) is 31.9 Å². The molecule has 6 rings (SSSR count). The number of nitrogens with zero attached hydrogens (tertiary/aromatic N) is 2. The van der Waals surface area contributed by atoms with Crippen molar-refractivity contribution >= 4 is 11.6 Å². The van der Waals surface area contributed by atoms with E-state index in [0.717, 1.165) is 90.3 Å². The Morgan fingerprint density at radius 3 is 1.74 bits per heavy atom. The second kappa shape index (κ2) is 13.1. The van der Waals surface area contributed by atoms with Crippen LogP contribution in [0.15, 0.2) is 97.1 Å². The van der Waals surface area contributed by atoms with Crippen molar-refractivity contribution < 1.29 is 31.1 Å². The molecule has 0 bridgehead atoms. The maximum Gasteiger partial charge on any atom is 0.416 e. The lowest BCUT2D eigenvalue weighted by Gasteiger charge is -2.36. The van der Waals surface area contributed by atoms with Crippen LogP contribution in [0.4, 0.5) is 32.0 Å². The Morgan fingerprint density at radius 1 is 0.681 bits per heavy atom. The molecule has 0 spiro atoms. The summed E-state index contributed by atoms with van der Waals surface area (Å²) in [4.78, 5) is 18.3. The van der Waals surface area contributed by atoms with E-state index >= 15 is 0 Å². The number of nitrogens with one attached hydrogen (secondary N) is 1. The molecular weight excluding hydrogens is 616 g/mol. The molecule has 1 fully saturated rings. The number of hydrogen-bond acceptors (Lipinski definition) is 3. The zero-order chi connectivity index (χ0) is 33.2. The van der Waals surface area contributed by atoms with Crippen LogP contribution < -0.4 is 10.2 Å². The van der Waals surface area contributed by atoms with Crippen LogP contribution in [0.1, 0.15) is 36.0 Å². The summed E-state index contributed by atoms with van der Waals surface area (Å²) in [6.07, 6.45) is -7.02. The van der Waals surface area contributed by atoms with Crippen LogP contribution >= 0.6 is 0 Å². The quantitative estimate of drug-likeness (QED) is 0.146. The number of fused-ring (bicyclic) bond motifs is 3. The minimum Gasteiger partial charge on any atom is -0.369 e. The zero-order valence-electron chi connectivity index (χ0n) is 25.7. The predicted molar refractivity (Wildman–Crippen MR) is 171 cm³/mol. The summed E-state index contributed by atoms with van der Waals surface area (Å²) in [6, 6.07) is 28.0. The highest BCUT2D eigenvalue weighted by Crippen LogP contribution is 2.51. The fraction of sp³-hybridized carbons (Fsp3) is 0.324. The third-order valence-electron chi connectivity index (χ3n) is 9.33. The summed E-state index contributed by atoms with van der Waals surface area (Å²) < 4.78 is 78.2. The van der Waals surface area contributed by atoms with Gasteiger partial charge in [0.1, 0.15) is 12.0 Å². The van der Waals surface area contributed by atoms with E-state index in [0.29, 0.717) is 12.8 Å².